The van der Waals surface area contributed by atoms with Crippen LogP contribution in [0.5, 0.6) is 0 Å². The molecule has 0 aromatic carbocycles. The summed E-state index contributed by atoms with van der Waals surface area (Å²) in [4.78, 5) is 19.4. The Balaban J connectivity index is 2.09. The molecule has 2 heterocycles. The highest BCUT2D eigenvalue weighted by atomic mass is 16.1. The number of hydrogen-bond donors (Lipinski definition) is 4. The maximum atomic E-state index is 12.5. The molecule has 1 amide bonds. The average Bonchev–Trinajstić information content (AvgIpc) is 2.71. The summed E-state index contributed by atoms with van der Waals surface area (Å²) in [6.45, 7) is 7.97. The van der Waals surface area contributed by atoms with Crippen LogP contribution in [0.1, 0.15) is 51.5 Å². The molecular formula is C20H34N6O. The molecule has 2 rings (SSSR count). The van der Waals surface area contributed by atoms with Crippen molar-refractivity contribution < 1.29 is 4.79 Å². The standard InChI is InChI=1S/C20H34N6O/c1-4-6-7-14-26(5-2)17-9-8-16(19(22-3)25-17)18(21)20(27)24-15-10-12-23-13-11-15/h8-9,15,21,23H,4-7,10-14H2,1-3H3,(H,22,25)(H,24,27). The Hall–Kier alpha value is -2.15. The third-order valence-corrected chi connectivity index (χ3v) is 5.03. The Bertz CT molecular complexity index is 627. The Morgan fingerprint density at radius 1 is 1.30 bits per heavy atom. The zero-order chi connectivity index (χ0) is 19.6. The molecule has 1 aromatic rings. The second-order valence-corrected chi connectivity index (χ2v) is 6.98. The van der Waals surface area contributed by atoms with Crippen molar-refractivity contribution >= 4 is 23.3 Å². The van der Waals surface area contributed by atoms with Crippen molar-refractivity contribution in [2.75, 3.05) is 43.4 Å². The molecule has 0 spiro atoms. The summed E-state index contributed by atoms with van der Waals surface area (Å²) in [5.74, 6) is 1.13. The van der Waals surface area contributed by atoms with Crippen LogP contribution in [0.25, 0.3) is 0 Å². The Morgan fingerprint density at radius 2 is 2.04 bits per heavy atom. The van der Waals surface area contributed by atoms with Crippen molar-refractivity contribution in [2.45, 2.75) is 52.0 Å². The number of rotatable bonds is 10. The van der Waals surface area contributed by atoms with Crippen molar-refractivity contribution in [1.82, 2.24) is 15.6 Å². The number of amides is 1. The monoisotopic (exact) mass is 374 g/mol. The topological polar surface area (TPSA) is 93.1 Å². The lowest BCUT2D eigenvalue weighted by Gasteiger charge is -2.25. The number of aromatic nitrogens is 1. The number of pyridine rings is 1. The maximum Gasteiger partial charge on any atom is 0.270 e. The summed E-state index contributed by atoms with van der Waals surface area (Å²) in [6, 6.07) is 3.89. The van der Waals surface area contributed by atoms with Crippen LogP contribution in [0, 0.1) is 5.41 Å². The van der Waals surface area contributed by atoms with E-state index in [0.29, 0.717) is 11.4 Å². The molecule has 27 heavy (non-hydrogen) atoms. The molecule has 0 bridgehead atoms. The van der Waals surface area contributed by atoms with Crippen LogP contribution in [0.3, 0.4) is 0 Å². The number of unbranched alkanes of at least 4 members (excludes halogenated alkanes) is 2. The number of nitrogens with one attached hydrogen (secondary N) is 4. The summed E-state index contributed by atoms with van der Waals surface area (Å²) < 4.78 is 0. The number of anilines is 2. The summed E-state index contributed by atoms with van der Waals surface area (Å²) >= 11 is 0. The highest BCUT2D eigenvalue weighted by molar-refractivity contribution is 6.45. The normalized spacial score (nSPS) is 14.6. The first-order valence-electron chi connectivity index (χ1n) is 10.1. The van der Waals surface area contributed by atoms with Crippen molar-refractivity contribution in [3.63, 3.8) is 0 Å². The van der Waals surface area contributed by atoms with Crippen LogP contribution in [0.2, 0.25) is 0 Å². The van der Waals surface area contributed by atoms with E-state index < -0.39 is 0 Å². The van der Waals surface area contributed by atoms with E-state index in [1.807, 2.05) is 12.1 Å². The fourth-order valence-electron chi connectivity index (χ4n) is 3.35. The van der Waals surface area contributed by atoms with Gasteiger partial charge in [0.25, 0.3) is 5.91 Å². The predicted octanol–water partition coefficient (Wildman–Crippen LogP) is 2.38. The lowest BCUT2D eigenvalue weighted by atomic mass is 10.1. The van der Waals surface area contributed by atoms with Gasteiger partial charge in [-0.25, -0.2) is 4.98 Å². The highest BCUT2D eigenvalue weighted by Gasteiger charge is 2.21. The molecule has 0 unspecified atom stereocenters. The summed E-state index contributed by atoms with van der Waals surface area (Å²) in [5, 5.41) is 17.6. The molecule has 1 aromatic heterocycles. The van der Waals surface area contributed by atoms with Gasteiger partial charge in [-0.1, -0.05) is 19.8 Å². The van der Waals surface area contributed by atoms with Crippen LogP contribution in [-0.2, 0) is 4.79 Å². The van der Waals surface area contributed by atoms with E-state index in [2.05, 4.69) is 39.7 Å². The van der Waals surface area contributed by atoms with Gasteiger partial charge in [-0.2, -0.15) is 0 Å². The molecule has 0 radical (unpaired) electrons. The van der Waals surface area contributed by atoms with Gasteiger partial charge in [0.15, 0.2) is 0 Å². The van der Waals surface area contributed by atoms with Gasteiger partial charge in [0.2, 0.25) is 0 Å². The van der Waals surface area contributed by atoms with Gasteiger partial charge in [-0.05, 0) is 51.4 Å². The molecule has 4 N–H and O–H groups in total. The highest BCUT2D eigenvalue weighted by Crippen LogP contribution is 2.20. The van der Waals surface area contributed by atoms with Crippen LogP contribution >= 0.6 is 0 Å². The fraction of sp³-hybridized carbons (Fsp3) is 0.650. The van der Waals surface area contributed by atoms with Crippen molar-refractivity contribution in [1.29, 1.82) is 5.41 Å². The molecule has 0 aliphatic carbocycles. The zero-order valence-electron chi connectivity index (χ0n) is 16.9. The van der Waals surface area contributed by atoms with Gasteiger partial charge in [0, 0.05) is 31.7 Å². The maximum absolute atomic E-state index is 12.5. The Morgan fingerprint density at radius 3 is 2.67 bits per heavy atom. The molecule has 1 fully saturated rings. The number of nitrogens with zero attached hydrogens (tertiary/aromatic N) is 2. The number of carbonyl (C=O) groups is 1. The second kappa shape index (κ2) is 10.9. The summed E-state index contributed by atoms with van der Waals surface area (Å²) in [5.41, 5.74) is 0.503. The van der Waals surface area contributed by atoms with E-state index in [9.17, 15) is 4.79 Å². The predicted molar refractivity (Wildman–Crippen MR) is 112 cm³/mol. The first kappa shape index (κ1) is 21.2. The molecule has 0 atom stereocenters. The Labute approximate surface area is 162 Å². The zero-order valence-corrected chi connectivity index (χ0v) is 16.9. The molecule has 7 nitrogen and oxygen atoms in total. The van der Waals surface area contributed by atoms with Crippen LogP contribution in [-0.4, -0.2) is 55.9 Å². The summed E-state index contributed by atoms with van der Waals surface area (Å²) in [7, 11) is 1.78. The molecule has 1 aliphatic heterocycles. The lowest BCUT2D eigenvalue weighted by molar-refractivity contribution is -0.115. The SMILES string of the molecule is CCCCCN(CC)c1ccc(C(=N)C(=O)NC2CCNCC2)c(NC)n1. The Kier molecular flexibility index (Phi) is 8.51. The number of carbonyl (C=O) groups excluding carboxylic acids is 1. The minimum absolute atomic E-state index is 0.0361. The first-order chi connectivity index (χ1) is 13.1. The smallest absolute Gasteiger partial charge is 0.270 e. The van der Waals surface area contributed by atoms with Crippen LogP contribution in [0.15, 0.2) is 12.1 Å². The van der Waals surface area contributed by atoms with Crippen molar-refractivity contribution in [3.8, 4) is 0 Å². The second-order valence-electron chi connectivity index (χ2n) is 6.98. The first-order valence-corrected chi connectivity index (χ1v) is 10.1. The molecule has 1 aliphatic rings. The minimum Gasteiger partial charge on any atom is -0.373 e. The van der Waals surface area contributed by atoms with E-state index in [1.54, 1.807) is 7.05 Å². The molecular weight excluding hydrogens is 340 g/mol. The van der Waals surface area contributed by atoms with Gasteiger partial charge in [-0.15, -0.1) is 0 Å². The number of piperidine rings is 1. The van der Waals surface area contributed by atoms with E-state index in [0.717, 1.165) is 51.3 Å². The third-order valence-electron chi connectivity index (χ3n) is 5.03. The van der Waals surface area contributed by atoms with E-state index in [-0.39, 0.29) is 17.7 Å². The van der Waals surface area contributed by atoms with E-state index >= 15 is 0 Å². The van der Waals surface area contributed by atoms with Crippen molar-refractivity contribution in [3.05, 3.63) is 17.7 Å². The quantitative estimate of drug-likeness (QED) is 0.373. The van der Waals surface area contributed by atoms with E-state index in [4.69, 9.17) is 5.41 Å². The molecule has 1 saturated heterocycles. The largest absolute Gasteiger partial charge is 0.373 e. The molecule has 150 valence electrons. The minimum atomic E-state index is -0.330. The third kappa shape index (κ3) is 5.92. The fourth-order valence-corrected chi connectivity index (χ4v) is 3.35. The molecule has 7 heteroatoms. The van der Waals surface area contributed by atoms with Crippen LogP contribution in [0.4, 0.5) is 11.6 Å². The molecule has 0 saturated carbocycles. The van der Waals surface area contributed by atoms with Crippen molar-refractivity contribution in [2.24, 2.45) is 0 Å². The van der Waals surface area contributed by atoms with E-state index in [1.165, 1.54) is 12.8 Å². The van der Waals surface area contributed by atoms with Gasteiger partial charge < -0.3 is 20.9 Å². The van der Waals surface area contributed by atoms with Gasteiger partial charge in [-0.3, -0.25) is 10.2 Å². The van der Waals surface area contributed by atoms with Crippen LogP contribution < -0.4 is 20.9 Å². The van der Waals surface area contributed by atoms with Gasteiger partial charge in [0.1, 0.15) is 17.3 Å². The van der Waals surface area contributed by atoms with Gasteiger partial charge in [0.05, 0.1) is 0 Å². The summed E-state index contributed by atoms with van der Waals surface area (Å²) in [6.07, 6.45) is 5.33. The van der Waals surface area contributed by atoms with Gasteiger partial charge >= 0.3 is 0 Å². The lowest BCUT2D eigenvalue weighted by Crippen LogP contribution is -2.45. The average molecular weight is 375 g/mol. The number of hydrogen-bond acceptors (Lipinski definition) is 6.